The molecule has 0 aliphatic heterocycles. The number of hydrogen-bond donors (Lipinski definition) is 1. The molecule has 1 aromatic rings. The molecule has 1 unspecified atom stereocenters. The Kier molecular flexibility index (Phi) is 8.33. The smallest absolute Gasteiger partial charge is 0.407 e. The zero-order chi connectivity index (χ0) is 18.3. The monoisotopic (exact) mass is 447 g/mol. The van der Waals surface area contributed by atoms with Crippen LogP contribution in [0, 0.1) is 3.57 Å². The Morgan fingerprint density at radius 2 is 1.96 bits per heavy atom. The van der Waals surface area contributed by atoms with Gasteiger partial charge in [-0.15, -0.1) is 0 Å². The second kappa shape index (κ2) is 9.49. The second-order valence-electron chi connectivity index (χ2n) is 7.11. The summed E-state index contributed by atoms with van der Waals surface area (Å²) in [7, 11) is 1.70. The zero-order valence-electron chi connectivity index (χ0n) is 15.7. The summed E-state index contributed by atoms with van der Waals surface area (Å²) in [6.07, 6.45) is 3.73. The van der Waals surface area contributed by atoms with E-state index in [1.165, 1.54) is 22.0 Å². The highest BCUT2D eigenvalue weighted by Crippen LogP contribution is 2.27. The summed E-state index contributed by atoms with van der Waals surface area (Å²) >= 11 is 2.38. The number of rotatable bonds is 7. The molecule has 1 atom stereocenters. The molecule has 1 aromatic carbocycles. The molecule has 0 fully saturated rings. The van der Waals surface area contributed by atoms with Crippen molar-refractivity contribution < 1.29 is 14.3 Å². The van der Waals surface area contributed by atoms with Crippen molar-refractivity contribution in [2.45, 2.75) is 71.9 Å². The summed E-state index contributed by atoms with van der Waals surface area (Å²) in [5.41, 5.74) is 1.94. The van der Waals surface area contributed by atoms with Gasteiger partial charge in [-0.1, -0.05) is 13.3 Å². The highest BCUT2D eigenvalue weighted by atomic mass is 127. The molecule has 0 bridgehead atoms. The third-order valence-corrected chi connectivity index (χ3v) is 4.54. The van der Waals surface area contributed by atoms with Gasteiger partial charge in [0, 0.05) is 9.61 Å². The van der Waals surface area contributed by atoms with Crippen molar-refractivity contribution in [3.8, 4) is 5.75 Å². The number of hydrogen-bond acceptors (Lipinski definition) is 3. The van der Waals surface area contributed by atoms with Gasteiger partial charge in [0.25, 0.3) is 0 Å². The number of carbonyl (C=O) groups excluding carboxylic acids is 1. The maximum Gasteiger partial charge on any atom is 0.407 e. The Hall–Kier alpha value is -0.980. The van der Waals surface area contributed by atoms with Crippen molar-refractivity contribution in [1.29, 1.82) is 0 Å². The quantitative estimate of drug-likeness (QED) is 0.592. The molecule has 0 spiro atoms. The Balaban J connectivity index is 2.79. The molecule has 1 rings (SSSR count). The van der Waals surface area contributed by atoms with E-state index in [0.717, 1.165) is 17.7 Å². The highest BCUT2D eigenvalue weighted by Gasteiger charge is 2.19. The predicted octanol–water partition coefficient (Wildman–Crippen LogP) is 5.10. The molecular formula is C19H30INO3. The first-order valence-corrected chi connectivity index (χ1v) is 9.59. The number of benzene rings is 1. The molecule has 0 aromatic heterocycles. The second-order valence-corrected chi connectivity index (χ2v) is 8.27. The number of amides is 1. The van der Waals surface area contributed by atoms with Crippen molar-refractivity contribution in [1.82, 2.24) is 5.32 Å². The van der Waals surface area contributed by atoms with Gasteiger partial charge in [0.2, 0.25) is 0 Å². The molecule has 24 heavy (non-hydrogen) atoms. The van der Waals surface area contributed by atoms with Crippen molar-refractivity contribution in [3.63, 3.8) is 0 Å². The van der Waals surface area contributed by atoms with E-state index < -0.39 is 5.60 Å². The fourth-order valence-corrected chi connectivity index (χ4v) is 3.24. The molecule has 5 heteroatoms. The average molecular weight is 447 g/mol. The Bertz CT molecular complexity index is 552. The zero-order valence-corrected chi connectivity index (χ0v) is 17.8. The number of ether oxygens (including phenoxy) is 2. The standard InChI is InChI=1S/C19H30INO3/c1-7-8-9-14-12-17(23-6)15(11-16(14)20)10-13(2)21-18(22)24-19(3,4)5/h11-13H,7-10H2,1-6H3,(H,21,22). The molecule has 0 heterocycles. The van der Waals surface area contributed by atoms with E-state index in [2.05, 4.69) is 47.0 Å². The van der Waals surface area contributed by atoms with Crippen LogP contribution in [0.15, 0.2) is 12.1 Å². The van der Waals surface area contributed by atoms with E-state index in [1.54, 1.807) is 7.11 Å². The van der Waals surface area contributed by atoms with Crippen LogP contribution in [-0.2, 0) is 17.6 Å². The lowest BCUT2D eigenvalue weighted by molar-refractivity contribution is 0.0508. The first-order valence-electron chi connectivity index (χ1n) is 8.51. The van der Waals surface area contributed by atoms with E-state index in [-0.39, 0.29) is 12.1 Å². The number of methoxy groups -OCH3 is 1. The fraction of sp³-hybridized carbons (Fsp3) is 0.632. The van der Waals surface area contributed by atoms with E-state index in [4.69, 9.17) is 9.47 Å². The summed E-state index contributed by atoms with van der Waals surface area (Å²) in [5, 5.41) is 2.89. The van der Waals surface area contributed by atoms with Crippen LogP contribution in [0.2, 0.25) is 0 Å². The lowest BCUT2D eigenvalue weighted by Crippen LogP contribution is -2.38. The van der Waals surface area contributed by atoms with Crippen LogP contribution in [0.25, 0.3) is 0 Å². The molecule has 1 N–H and O–H groups in total. The SMILES string of the molecule is CCCCc1cc(OC)c(CC(C)NC(=O)OC(C)(C)C)cc1I. The lowest BCUT2D eigenvalue weighted by Gasteiger charge is -2.22. The predicted molar refractivity (Wildman–Crippen MR) is 107 cm³/mol. The van der Waals surface area contributed by atoms with Gasteiger partial charge in [-0.25, -0.2) is 4.79 Å². The molecule has 0 radical (unpaired) electrons. The first kappa shape index (κ1) is 21.1. The number of unbranched alkanes of at least 4 members (excludes halogenated alkanes) is 1. The first-order chi connectivity index (χ1) is 11.2. The van der Waals surface area contributed by atoms with E-state index >= 15 is 0 Å². The minimum absolute atomic E-state index is 0.0361. The van der Waals surface area contributed by atoms with E-state index in [0.29, 0.717) is 6.42 Å². The Morgan fingerprint density at radius 1 is 1.29 bits per heavy atom. The molecule has 1 amide bonds. The van der Waals surface area contributed by atoms with Crippen molar-refractivity contribution >= 4 is 28.7 Å². The summed E-state index contributed by atoms with van der Waals surface area (Å²) < 4.78 is 12.1. The van der Waals surface area contributed by atoms with Gasteiger partial charge in [0.1, 0.15) is 11.4 Å². The van der Waals surface area contributed by atoms with Crippen LogP contribution in [0.3, 0.4) is 0 Å². The third kappa shape index (κ3) is 7.28. The van der Waals surface area contributed by atoms with Crippen molar-refractivity contribution in [2.24, 2.45) is 0 Å². The van der Waals surface area contributed by atoms with E-state index in [1.807, 2.05) is 27.7 Å². The van der Waals surface area contributed by atoms with Gasteiger partial charge in [-0.05, 0) is 92.8 Å². The van der Waals surface area contributed by atoms with Gasteiger partial charge in [-0.3, -0.25) is 0 Å². The highest BCUT2D eigenvalue weighted by molar-refractivity contribution is 14.1. The number of halogens is 1. The van der Waals surface area contributed by atoms with Gasteiger partial charge < -0.3 is 14.8 Å². The number of aryl methyl sites for hydroxylation is 1. The minimum Gasteiger partial charge on any atom is -0.496 e. The fourth-order valence-electron chi connectivity index (χ4n) is 2.43. The van der Waals surface area contributed by atoms with Crippen LogP contribution in [-0.4, -0.2) is 24.8 Å². The molecule has 0 saturated heterocycles. The largest absolute Gasteiger partial charge is 0.496 e. The third-order valence-electron chi connectivity index (χ3n) is 3.54. The van der Waals surface area contributed by atoms with Crippen molar-refractivity contribution in [2.75, 3.05) is 7.11 Å². The molecule has 0 aliphatic carbocycles. The maximum atomic E-state index is 11.9. The van der Waals surface area contributed by atoms with Crippen LogP contribution >= 0.6 is 22.6 Å². The molecule has 4 nitrogen and oxygen atoms in total. The number of carbonyl (C=O) groups is 1. The minimum atomic E-state index is -0.488. The van der Waals surface area contributed by atoms with E-state index in [9.17, 15) is 4.79 Å². The molecule has 0 aliphatic rings. The van der Waals surface area contributed by atoms with Crippen LogP contribution in [0.1, 0.15) is 58.6 Å². The van der Waals surface area contributed by atoms with Crippen LogP contribution in [0.5, 0.6) is 5.75 Å². The van der Waals surface area contributed by atoms with Gasteiger partial charge in [0.05, 0.1) is 7.11 Å². The molecule has 0 saturated carbocycles. The maximum absolute atomic E-state index is 11.9. The van der Waals surface area contributed by atoms with Gasteiger partial charge in [0.15, 0.2) is 0 Å². The van der Waals surface area contributed by atoms with Crippen LogP contribution < -0.4 is 10.1 Å². The lowest BCUT2D eigenvalue weighted by atomic mass is 10.0. The summed E-state index contributed by atoms with van der Waals surface area (Å²) in [6.45, 7) is 9.75. The summed E-state index contributed by atoms with van der Waals surface area (Å²) in [5.74, 6) is 0.888. The number of alkyl carbamates (subject to hydrolysis) is 1. The summed E-state index contributed by atoms with van der Waals surface area (Å²) in [6, 6.07) is 4.26. The molecular weight excluding hydrogens is 417 g/mol. The Morgan fingerprint density at radius 3 is 2.50 bits per heavy atom. The summed E-state index contributed by atoms with van der Waals surface area (Å²) in [4.78, 5) is 11.9. The average Bonchev–Trinajstić information content (AvgIpc) is 2.44. The Labute approximate surface area is 159 Å². The van der Waals surface area contributed by atoms with Gasteiger partial charge in [-0.2, -0.15) is 0 Å². The van der Waals surface area contributed by atoms with Gasteiger partial charge >= 0.3 is 6.09 Å². The topological polar surface area (TPSA) is 47.6 Å². The molecule has 136 valence electrons. The normalized spacial score (nSPS) is 12.6. The van der Waals surface area contributed by atoms with Crippen molar-refractivity contribution in [3.05, 3.63) is 26.8 Å². The number of nitrogens with one attached hydrogen (secondary N) is 1. The van der Waals surface area contributed by atoms with Crippen LogP contribution in [0.4, 0.5) is 4.79 Å².